The predicted octanol–water partition coefficient (Wildman–Crippen LogP) is -0.228. The first-order valence-electron chi connectivity index (χ1n) is 4.13. The summed E-state index contributed by atoms with van der Waals surface area (Å²) < 4.78 is 2.20. The van der Waals surface area contributed by atoms with Crippen molar-refractivity contribution >= 4 is 10.9 Å². The van der Waals surface area contributed by atoms with E-state index < -0.39 is 0 Å². The van der Waals surface area contributed by atoms with E-state index in [0.717, 1.165) is 0 Å². The van der Waals surface area contributed by atoms with Crippen molar-refractivity contribution in [3.8, 4) is 0 Å². The average molecular weight is 285 g/mol. The molecule has 0 spiro atoms. The molecule has 0 aliphatic heterocycles. The SMILES string of the molecule is C[c+]1ccc2ccccc2n1C.[I-]. The van der Waals surface area contributed by atoms with E-state index in [4.69, 9.17) is 0 Å². The number of nitrogens with zero attached hydrogens (tertiary/aromatic N) is 1. The van der Waals surface area contributed by atoms with Crippen LogP contribution in [0.15, 0.2) is 36.4 Å². The van der Waals surface area contributed by atoms with Crippen LogP contribution in [0, 0.1) is 6.92 Å². The van der Waals surface area contributed by atoms with Crippen molar-refractivity contribution in [3.63, 3.8) is 0 Å². The van der Waals surface area contributed by atoms with Gasteiger partial charge in [-0.05, 0) is 12.1 Å². The van der Waals surface area contributed by atoms with Crippen LogP contribution in [-0.4, -0.2) is 4.57 Å². The highest BCUT2D eigenvalue weighted by Gasteiger charge is 2.03. The van der Waals surface area contributed by atoms with Crippen molar-refractivity contribution in [1.82, 2.24) is 4.57 Å². The van der Waals surface area contributed by atoms with Gasteiger partial charge in [-0.2, -0.15) is 0 Å². The van der Waals surface area contributed by atoms with Crippen LogP contribution in [0.2, 0.25) is 0 Å². The van der Waals surface area contributed by atoms with Crippen molar-refractivity contribution in [2.75, 3.05) is 0 Å². The van der Waals surface area contributed by atoms with Crippen LogP contribution in [0.25, 0.3) is 10.9 Å². The molecular formula is C11H12IN. The Morgan fingerprint density at radius 2 is 1.85 bits per heavy atom. The fourth-order valence-electron chi connectivity index (χ4n) is 1.45. The molecule has 0 radical (unpaired) electrons. The zero-order valence-corrected chi connectivity index (χ0v) is 9.95. The number of pyridine rings is 1. The summed E-state index contributed by atoms with van der Waals surface area (Å²) in [5.74, 6) is 0. The molecule has 0 bridgehead atoms. The maximum absolute atomic E-state index is 2.20. The molecule has 2 aromatic rings. The fourth-order valence-corrected chi connectivity index (χ4v) is 1.45. The Labute approximate surface area is 95.4 Å². The molecule has 0 N–H and O–H groups in total. The van der Waals surface area contributed by atoms with Crippen LogP contribution < -0.4 is 24.0 Å². The number of halogens is 1. The van der Waals surface area contributed by atoms with Crippen LogP contribution in [0.3, 0.4) is 0 Å². The summed E-state index contributed by atoms with van der Waals surface area (Å²) in [6.07, 6.45) is 0. The second kappa shape index (κ2) is 4.05. The summed E-state index contributed by atoms with van der Waals surface area (Å²) in [6, 6.07) is 12.7. The fraction of sp³-hybridized carbons (Fsp3) is 0.182. The van der Waals surface area contributed by atoms with Crippen molar-refractivity contribution in [3.05, 3.63) is 42.1 Å². The minimum Gasteiger partial charge on any atom is -1.00 e. The van der Waals surface area contributed by atoms with Crippen molar-refractivity contribution < 1.29 is 24.0 Å². The van der Waals surface area contributed by atoms with Gasteiger partial charge >= 0.3 is 0 Å². The van der Waals surface area contributed by atoms with E-state index in [1.54, 1.807) is 0 Å². The molecule has 68 valence electrons. The molecule has 0 saturated heterocycles. The monoisotopic (exact) mass is 285 g/mol. The number of fused-ring (bicyclic) bond motifs is 1. The number of hydrogen-bond acceptors (Lipinski definition) is 0. The van der Waals surface area contributed by atoms with Gasteiger partial charge in [0.05, 0.1) is 6.07 Å². The molecular weight excluding hydrogens is 273 g/mol. The summed E-state index contributed by atoms with van der Waals surface area (Å²) in [5.41, 5.74) is 2.58. The second-order valence-corrected chi connectivity index (χ2v) is 3.09. The van der Waals surface area contributed by atoms with E-state index in [-0.39, 0.29) is 24.0 Å². The second-order valence-electron chi connectivity index (χ2n) is 3.09. The highest BCUT2D eigenvalue weighted by molar-refractivity contribution is 5.79. The Kier molecular flexibility index (Phi) is 3.25. The minimum atomic E-state index is 0. The topological polar surface area (TPSA) is 4.93 Å². The molecule has 1 heterocycles. The van der Waals surface area contributed by atoms with Crippen LogP contribution in [0.5, 0.6) is 0 Å². The summed E-state index contributed by atoms with van der Waals surface area (Å²) in [6.45, 7) is 2.12. The molecule has 1 aromatic heterocycles. The Morgan fingerprint density at radius 3 is 2.62 bits per heavy atom. The Bertz CT molecular complexity index is 423. The lowest BCUT2D eigenvalue weighted by atomic mass is 10.2. The van der Waals surface area contributed by atoms with Gasteiger partial charge in [0, 0.05) is 26.1 Å². The van der Waals surface area contributed by atoms with E-state index in [1.807, 2.05) is 0 Å². The number of benzene rings is 1. The van der Waals surface area contributed by atoms with Gasteiger partial charge in [0.15, 0.2) is 5.52 Å². The quantitative estimate of drug-likeness (QED) is 0.465. The van der Waals surface area contributed by atoms with Crippen LogP contribution in [0.4, 0.5) is 0 Å². The number of rotatable bonds is 0. The number of para-hydroxylation sites is 1. The predicted molar refractivity (Wildman–Crippen MR) is 52.1 cm³/mol. The van der Waals surface area contributed by atoms with Gasteiger partial charge < -0.3 is 24.0 Å². The Balaban J connectivity index is 0.000000845. The lowest BCUT2D eigenvalue weighted by Gasteiger charge is -1.99. The van der Waals surface area contributed by atoms with Gasteiger partial charge in [0.2, 0.25) is 0 Å². The summed E-state index contributed by atoms with van der Waals surface area (Å²) in [7, 11) is 2.09. The van der Waals surface area contributed by atoms with Gasteiger partial charge in [0.25, 0.3) is 0 Å². The summed E-state index contributed by atoms with van der Waals surface area (Å²) in [5, 5.41) is 1.30. The van der Waals surface area contributed by atoms with Crippen LogP contribution >= 0.6 is 0 Å². The first kappa shape index (κ1) is 10.4. The summed E-state index contributed by atoms with van der Waals surface area (Å²) in [4.78, 5) is 0. The molecule has 0 amide bonds. The molecule has 0 aliphatic carbocycles. The number of hydrogen-bond donors (Lipinski definition) is 0. The zero-order valence-electron chi connectivity index (χ0n) is 7.79. The van der Waals surface area contributed by atoms with E-state index >= 15 is 0 Å². The van der Waals surface area contributed by atoms with Gasteiger partial charge in [-0.3, -0.25) is 0 Å². The molecule has 0 saturated carbocycles. The normalized spacial score (nSPS) is 9.69. The lowest BCUT2D eigenvalue weighted by molar-refractivity contribution is -0.00000252. The highest BCUT2D eigenvalue weighted by atomic mass is 127. The number of aromatic nitrogens is 1. The third kappa shape index (κ3) is 1.82. The molecule has 2 heteroatoms. The highest BCUT2D eigenvalue weighted by Crippen LogP contribution is 2.13. The van der Waals surface area contributed by atoms with E-state index in [2.05, 4.69) is 54.9 Å². The minimum absolute atomic E-state index is 0. The third-order valence-corrected chi connectivity index (χ3v) is 2.33. The Morgan fingerprint density at radius 1 is 1.15 bits per heavy atom. The van der Waals surface area contributed by atoms with Crippen LogP contribution in [-0.2, 0) is 7.05 Å². The van der Waals surface area contributed by atoms with Crippen molar-refractivity contribution in [2.24, 2.45) is 7.05 Å². The van der Waals surface area contributed by atoms with Gasteiger partial charge in [-0.15, -0.1) is 0 Å². The maximum atomic E-state index is 2.20. The zero-order chi connectivity index (χ0) is 8.55. The first-order chi connectivity index (χ1) is 5.79. The maximum Gasteiger partial charge on any atom is 0.150 e. The molecule has 0 unspecified atom stereocenters. The first-order valence-corrected chi connectivity index (χ1v) is 4.13. The molecule has 13 heavy (non-hydrogen) atoms. The molecule has 0 fully saturated rings. The summed E-state index contributed by atoms with van der Waals surface area (Å²) >= 11 is 0. The largest absolute Gasteiger partial charge is 1.00 e. The molecule has 0 atom stereocenters. The van der Waals surface area contributed by atoms with Crippen molar-refractivity contribution in [2.45, 2.75) is 6.92 Å². The smallest absolute Gasteiger partial charge is 0.150 e. The van der Waals surface area contributed by atoms with Crippen molar-refractivity contribution in [1.29, 1.82) is 0 Å². The van der Waals surface area contributed by atoms with Gasteiger partial charge in [-0.25, -0.2) is 4.57 Å². The third-order valence-electron chi connectivity index (χ3n) is 2.33. The van der Waals surface area contributed by atoms with Gasteiger partial charge in [0.1, 0.15) is 11.1 Å². The van der Waals surface area contributed by atoms with Crippen LogP contribution in [0.1, 0.15) is 5.69 Å². The lowest BCUT2D eigenvalue weighted by Crippen LogP contribution is -3.00. The molecule has 2 rings (SSSR count). The average Bonchev–Trinajstić information content (AvgIpc) is 2.12. The van der Waals surface area contributed by atoms with Gasteiger partial charge in [-0.1, -0.05) is 6.07 Å². The van der Waals surface area contributed by atoms with E-state index in [1.165, 1.54) is 16.6 Å². The molecule has 1 aromatic carbocycles. The molecule has 0 aliphatic rings. The standard InChI is InChI=1S/C11H12N.HI/c1-9-7-8-10-5-3-4-6-11(10)12(9)2;/h3-8H,1-2H3;1H/q+1;/p-1. The van der Waals surface area contributed by atoms with E-state index in [9.17, 15) is 0 Å². The van der Waals surface area contributed by atoms with E-state index in [0.29, 0.717) is 0 Å². The molecule has 1 nitrogen and oxygen atoms in total. The number of aryl methyl sites for hydroxylation is 2. The Hall–Kier alpha value is -0.640.